The van der Waals surface area contributed by atoms with Crippen LogP contribution in [0.5, 0.6) is 0 Å². The monoisotopic (exact) mass is 423 g/mol. The molecule has 1 aliphatic rings. The summed E-state index contributed by atoms with van der Waals surface area (Å²) in [5.74, 6) is -0.170. The van der Waals surface area contributed by atoms with Crippen LogP contribution in [0.2, 0.25) is 0 Å². The van der Waals surface area contributed by atoms with Crippen LogP contribution in [0.15, 0.2) is 52.7 Å². The van der Waals surface area contributed by atoms with Crippen molar-refractivity contribution in [2.24, 2.45) is 0 Å². The molecule has 0 spiro atoms. The van der Waals surface area contributed by atoms with Crippen LogP contribution in [0.1, 0.15) is 27.9 Å². The number of hydrogen-bond acceptors (Lipinski definition) is 5. The van der Waals surface area contributed by atoms with Gasteiger partial charge in [-0.25, -0.2) is 4.98 Å². The third-order valence-corrected chi connectivity index (χ3v) is 6.69. The molecule has 0 radical (unpaired) electrons. The van der Waals surface area contributed by atoms with Gasteiger partial charge in [0.1, 0.15) is 0 Å². The number of carbonyl (C=O) groups is 2. The predicted molar refractivity (Wildman–Crippen MR) is 119 cm³/mol. The lowest BCUT2D eigenvalue weighted by Crippen LogP contribution is -2.28. The number of thioether (sulfide) groups is 1. The lowest BCUT2D eigenvalue weighted by Gasteiger charge is -2.21. The van der Waals surface area contributed by atoms with Crippen LogP contribution in [0, 0.1) is 6.92 Å². The average Bonchev–Trinajstić information content (AvgIpc) is 3.15. The second kappa shape index (κ2) is 8.39. The molecule has 0 saturated carbocycles. The predicted octanol–water partition coefficient (Wildman–Crippen LogP) is 4.52. The van der Waals surface area contributed by atoms with Gasteiger partial charge < -0.3 is 10.6 Å². The maximum atomic E-state index is 12.5. The molecule has 0 bridgehead atoms. The molecule has 29 heavy (non-hydrogen) atoms. The highest BCUT2D eigenvalue weighted by molar-refractivity contribution is 8.00. The number of fused-ring (bicyclic) bond motifs is 1. The van der Waals surface area contributed by atoms with Gasteiger partial charge in [0.05, 0.1) is 21.6 Å². The Kier molecular flexibility index (Phi) is 5.69. The minimum absolute atomic E-state index is 0.0312. The Labute approximate surface area is 178 Å². The number of rotatable bonds is 5. The molecule has 0 aliphatic carbocycles. The van der Waals surface area contributed by atoms with E-state index in [0.717, 1.165) is 33.1 Å². The number of aryl methyl sites for hydroxylation is 1. The molecule has 5 nitrogen and oxygen atoms in total. The number of nitrogens with zero attached hydrogens (tertiary/aromatic N) is 1. The van der Waals surface area contributed by atoms with Crippen molar-refractivity contribution in [1.82, 2.24) is 10.3 Å². The van der Waals surface area contributed by atoms with E-state index in [-0.39, 0.29) is 17.1 Å². The Bertz CT molecular complexity index is 1060. The number of carbonyl (C=O) groups excluding carboxylic acids is 2. The van der Waals surface area contributed by atoms with E-state index >= 15 is 0 Å². The maximum absolute atomic E-state index is 12.5. The van der Waals surface area contributed by atoms with Gasteiger partial charge in [-0.05, 0) is 44.0 Å². The third kappa shape index (κ3) is 4.52. The quantitative estimate of drug-likeness (QED) is 0.633. The first-order valence-electron chi connectivity index (χ1n) is 9.41. The topological polar surface area (TPSA) is 71.1 Å². The van der Waals surface area contributed by atoms with E-state index in [1.807, 2.05) is 19.9 Å². The summed E-state index contributed by atoms with van der Waals surface area (Å²) in [5, 5.41) is 8.82. The van der Waals surface area contributed by atoms with Gasteiger partial charge in [0.25, 0.3) is 5.91 Å². The first-order valence-corrected chi connectivity index (χ1v) is 11.2. The van der Waals surface area contributed by atoms with Crippen LogP contribution >= 0.6 is 23.1 Å². The Balaban J connectivity index is 1.33. The fourth-order valence-electron chi connectivity index (χ4n) is 3.11. The van der Waals surface area contributed by atoms with E-state index in [1.54, 1.807) is 23.5 Å². The fraction of sp³-hybridized carbons (Fsp3) is 0.227. The molecule has 4 rings (SSSR count). The van der Waals surface area contributed by atoms with Crippen molar-refractivity contribution in [3.63, 3.8) is 0 Å². The maximum Gasteiger partial charge on any atom is 0.251 e. The van der Waals surface area contributed by atoms with E-state index in [9.17, 15) is 9.59 Å². The zero-order valence-corrected chi connectivity index (χ0v) is 17.8. The second-order valence-corrected chi connectivity index (χ2v) is 9.36. The second-order valence-electron chi connectivity index (χ2n) is 6.91. The standard InChI is InChI=1S/C22H21N3O2S2/c1-13-21(26)25-18-11-17(7-8-20(18)29-13)22(27)23-10-9-15-3-5-16(6-4-15)19-12-28-14(2)24-19/h3-8,11-13H,9-10H2,1-2H3,(H,23,27)(H,25,26). The minimum Gasteiger partial charge on any atom is -0.352 e. The average molecular weight is 424 g/mol. The molecule has 2 aromatic carbocycles. The van der Waals surface area contributed by atoms with Gasteiger partial charge in [0, 0.05) is 27.9 Å². The molecular weight excluding hydrogens is 402 g/mol. The molecule has 2 heterocycles. The molecule has 148 valence electrons. The zero-order chi connectivity index (χ0) is 20.4. The van der Waals surface area contributed by atoms with Gasteiger partial charge >= 0.3 is 0 Å². The van der Waals surface area contributed by atoms with Crippen molar-refractivity contribution in [3.05, 3.63) is 64.0 Å². The molecule has 0 fully saturated rings. The SMILES string of the molecule is Cc1nc(-c2ccc(CCNC(=O)c3ccc4c(c3)NC(=O)C(C)S4)cc2)cs1. The summed E-state index contributed by atoms with van der Waals surface area (Å²) in [6.45, 7) is 4.41. The summed E-state index contributed by atoms with van der Waals surface area (Å²) in [4.78, 5) is 29.8. The van der Waals surface area contributed by atoms with Crippen molar-refractivity contribution < 1.29 is 9.59 Å². The molecule has 2 N–H and O–H groups in total. The molecular formula is C22H21N3O2S2. The summed E-state index contributed by atoms with van der Waals surface area (Å²) in [6.07, 6.45) is 0.747. The Morgan fingerprint density at radius 2 is 2.00 bits per heavy atom. The molecule has 7 heteroatoms. The Morgan fingerprint density at radius 3 is 2.72 bits per heavy atom. The van der Waals surface area contributed by atoms with Crippen LogP contribution in [-0.4, -0.2) is 28.6 Å². The van der Waals surface area contributed by atoms with Gasteiger partial charge in [-0.1, -0.05) is 24.3 Å². The normalized spacial score (nSPS) is 15.5. The van der Waals surface area contributed by atoms with E-state index in [1.165, 1.54) is 11.8 Å². The number of aromatic nitrogens is 1. The summed E-state index contributed by atoms with van der Waals surface area (Å²) in [5.41, 5.74) is 4.51. The van der Waals surface area contributed by atoms with E-state index < -0.39 is 0 Å². The van der Waals surface area contributed by atoms with Crippen LogP contribution < -0.4 is 10.6 Å². The lowest BCUT2D eigenvalue weighted by atomic mass is 10.1. The van der Waals surface area contributed by atoms with E-state index in [2.05, 4.69) is 45.3 Å². The highest BCUT2D eigenvalue weighted by atomic mass is 32.2. The largest absolute Gasteiger partial charge is 0.352 e. The number of nitrogens with one attached hydrogen (secondary N) is 2. The van der Waals surface area contributed by atoms with Crippen LogP contribution in [0.25, 0.3) is 11.3 Å². The van der Waals surface area contributed by atoms with Crippen LogP contribution in [0.4, 0.5) is 5.69 Å². The third-order valence-electron chi connectivity index (χ3n) is 4.74. The highest BCUT2D eigenvalue weighted by Crippen LogP contribution is 2.35. The number of hydrogen-bond donors (Lipinski definition) is 2. The van der Waals surface area contributed by atoms with Crippen molar-refractivity contribution in [2.45, 2.75) is 30.4 Å². The number of amides is 2. The van der Waals surface area contributed by atoms with Crippen LogP contribution in [0.3, 0.4) is 0 Å². The minimum atomic E-state index is -0.139. The van der Waals surface area contributed by atoms with E-state index in [0.29, 0.717) is 17.8 Å². The van der Waals surface area contributed by atoms with Crippen LogP contribution in [-0.2, 0) is 11.2 Å². The van der Waals surface area contributed by atoms with Crippen molar-refractivity contribution in [3.8, 4) is 11.3 Å². The molecule has 3 aromatic rings. The first kappa shape index (κ1) is 19.7. The number of benzene rings is 2. The number of thiazole rings is 1. The fourth-order valence-corrected chi connectivity index (χ4v) is 4.66. The summed E-state index contributed by atoms with van der Waals surface area (Å²) < 4.78 is 0. The molecule has 0 saturated heterocycles. The van der Waals surface area contributed by atoms with Crippen molar-refractivity contribution >= 4 is 40.6 Å². The lowest BCUT2D eigenvalue weighted by molar-refractivity contribution is -0.115. The molecule has 1 aliphatic heterocycles. The Hall–Kier alpha value is -2.64. The zero-order valence-electron chi connectivity index (χ0n) is 16.2. The summed E-state index contributed by atoms with van der Waals surface area (Å²) >= 11 is 3.15. The molecule has 1 atom stereocenters. The van der Waals surface area contributed by atoms with Gasteiger partial charge in [-0.3, -0.25) is 9.59 Å². The Morgan fingerprint density at radius 1 is 1.21 bits per heavy atom. The van der Waals surface area contributed by atoms with Gasteiger partial charge in [-0.15, -0.1) is 23.1 Å². The van der Waals surface area contributed by atoms with Gasteiger partial charge in [0.15, 0.2) is 0 Å². The highest BCUT2D eigenvalue weighted by Gasteiger charge is 2.23. The van der Waals surface area contributed by atoms with Gasteiger partial charge in [0.2, 0.25) is 5.91 Å². The smallest absolute Gasteiger partial charge is 0.251 e. The first-order chi connectivity index (χ1) is 14.0. The summed E-state index contributed by atoms with van der Waals surface area (Å²) in [6, 6.07) is 13.7. The number of anilines is 1. The van der Waals surface area contributed by atoms with E-state index in [4.69, 9.17) is 0 Å². The molecule has 1 aromatic heterocycles. The van der Waals surface area contributed by atoms with Crippen molar-refractivity contribution in [1.29, 1.82) is 0 Å². The van der Waals surface area contributed by atoms with Crippen molar-refractivity contribution in [2.75, 3.05) is 11.9 Å². The van der Waals surface area contributed by atoms with Gasteiger partial charge in [-0.2, -0.15) is 0 Å². The molecule has 1 unspecified atom stereocenters. The summed E-state index contributed by atoms with van der Waals surface area (Å²) in [7, 11) is 0. The molecule has 2 amide bonds.